The molecule has 2 aromatic heterocycles. The van der Waals surface area contributed by atoms with E-state index in [1.165, 1.54) is 42.1 Å². The molecule has 4 aliphatic heterocycles. The van der Waals surface area contributed by atoms with Crippen molar-refractivity contribution in [3.05, 3.63) is 101 Å². The van der Waals surface area contributed by atoms with Crippen molar-refractivity contribution in [1.29, 1.82) is 0 Å². The van der Waals surface area contributed by atoms with Crippen molar-refractivity contribution < 1.29 is 28.7 Å². The molecule has 4 amide bonds. The first kappa shape index (κ1) is 52.7. The maximum Gasteiger partial charge on any atom is 0.407 e. The van der Waals surface area contributed by atoms with E-state index in [1.807, 2.05) is 22.3 Å². The summed E-state index contributed by atoms with van der Waals surface area (Å²) in [4.78, 5) is 75.7. The van der Waals surface area contributed by atoms with E-state index in [4.69, 9.17) is 19.4 Å². The lowest BCUT2D eigenvalue weighted by Crippen LogP contribution is -2.58. The Kier molecular flexibility index (Phi) is 16.3. The highest BCUT2D eigenvalue weighted by molar-refractivity contribution is 7.98. The minimum atomic E-state index is -0.662. The second kappa shape index (κ2) is 23.2. The molecule has 2 saturated carbocycles. The molecule has 6 fully saturated rings. The van der Waals surface area contributed by atoms with Crippen LogP contribution in [0.25, 0.3) is 38.8 Å². The molecular formula is C59H74N8O6S2. The molecule has 75 heavy (non-hydrogen) atoms. The van der Waals surface area contributed by atoms with E-state index >= 15 is 0 Å². The zero-order valence-corrected chi connectivity index (χ0v) is 46.0. The molecule has 3 aromatic carbocycles. The van der Waals surface area contributed by atoms with Gasteiger partial charge in [-0.05, 0) is 202 Å². The molecule has 4 saturated heterocycles. The van der Waals surface area contributed by atoms with Crippen molar-refractivity contribution in [3.8, 4) is 11.1 Å². The molecule has 4 aliphatic carbocycles. The highest BCUT2D eigenvalue weighted by Gasteiger charge is 2.49. The van der Waals surface area contributed by atoms with E-state index in [0.29, 0.717) is 30.6 Å². The molecule has 398 valence electrons. The summed E-state index contributed by atoms with van der Waals surface area (Å²) < 4.78 is 9.88. The lowest BCUT2D eigenvalue weighted by molar-refractivity contribution is -0.148. The number of rotatable bonds is 14. The van der Waals surface area contributed by atoms with Crippen molar-refractivity contribution in [3.63, 3.8) is 0 Å². The number of nitrogens with zero attached hydrogens (tertiary/aromatic N) is 4. The Morgan fingerprint density at radius 3 is 1.77 bits per heavy atom. The maximum absolute atomic E-state index is 14.5. The number of aromatic nitrogens is 4. The molecule has 6 bridgehead atoms. The number of aromatic amines is 2. The molecule has 6 heterocycles. The Morgan fingerprint density at radius 1 is 0.680 bits per heavy atom. The summed E-state index contributed by atoms with van der Waals surface area (Å²) in [7, 11) is 2.67. The topological polar surface area (TPSA) is 175 Å². The van der Waals surface area contributed by atoms with Crippen molar-refractivity contribution in [2.45, 2.75) is 140 Å². The highest BCUT2D eigenvalue weighted by Crippen LogP contribution is 2.49. The minimum Gasteiger partial charge on any atom is -0.453 e. The van der Waals surface area contributed by atoms with Crippen LogP contribution in [0.15, 0.2) is 72.3 Å². The first-order valence-electron chi connectivity index (χ1n) is 27.3. The number of aryl methyl sites for hydroxylation is 2. The molecule has 0 radical (unpaired) electrons. The third-order valence-electron chi connectivity index (χ3n) is 17.2. The number of piperidine rings is 4. The molecule has 4 N–H and O–H groups in total. The van der Waals surface area contributed by atoms with Crippen molar-refractivity contribution in [2.75, 3.05) is 38.2 Å². The van der Waals surface area contributed by atoms with Crippen LogP contribution in [0.3, 0.4) is 0 Å². The summed E-state index contributed by atoms with van der Waals surface area (Å²) in [6.45, 7) is 4.54. The number of H-pyrrole nitrogens is 2. The molecule has 16 heteroatoms. The number of carbonyl (C=O) groups is 4. The van der Waals surface area contributed by atoms with Crippen LogP contribution < -0.4 is 10.6 Å². The smallest absolute Gasteiger partial charge is 0.407 e. The molecular weight excluding hydrogens is 981 g/mol. The number of ether oxygens (including phenoxy) is 2. The molecule has 8 aliphatic rings. The van der Waals surface area contributed by atoms with Gasteiger partial charge < -0.3 is 39.9 Å². The quantitative estimate of drug-likeness (QED) is 0.0838. The number of carbonyl (C=O) groups excluding carboxylic acids is 4. The average molecular weight is 1060 g/mol. The Labute approximate surface area is 449 Å². The monoisotopic (exact) mass is 1050 g/mol. The number of alkyl carbamates (subject to hydrolysis) is 2. The largest absolute Gasteiger partial charge is 0.453 e. The zero-order valence-electron chi connectivity index (χ0n) is 44.4. The summed E-state index contributed by atoms with van der Waals surface area (Å²) in [5.41, 5.74) is 12.3. The summed E-state index contributed by atoms with van der Waals surface area (Å²) in [6.07, 6.45) is 20.4. The third kappa shape index (κ3) is 11.1. The number of thioether (sulfide) groups is 2. The van der Waals surface area contributed by atoms with Gasteiger partial charge in [0.05, 0.1) is 48.4 Å². The fourth-order valence-electron chi connectivity index (χ4n) is 13.0. The van der Waals surface area contributed by atoms with Crippen molar-refractivity contribution >= 4 is 75.2 Å². The molecule has 5 atom stereocenters. The fourth-order valence-corrected chi connectivity index (χ4v) is 14.0. The van der Waals surface area contributed by atoms with E-state index < -0.39 is 24.3 Å². The Bertz CT molecular complexity index is 2970. The van der Waals surface area contributed by atoms with Gasteiger partial charge in [0.1, 0.15) is 23.7 Å². The number of benzene rings is 3. The second-order valence-electron chi connectivity index (χ2n) is 21.7. The molecule has 5 aromatic rings. The van der Waals surface area contributed by atoms with E-state index in [-0.39, 0.29) is 36.0 Å². The van der Waals surface area contributed by atoms with Crippen LogP contribution in [0.5, 0.6) is 0 Å². The van der Waals surface area contributed by atoms with Crippen LogP contribution in [-0.4, -0.2) is 116 Å². The third-order valence-corrected chi connectivity index (χ3v) is 18.5. The van der Waals surface area contributed by atoms with Crippen molar-refractivity contribution in [2.24, 2.45) is 17.8 Å². The molecule has 0 unspecified atom stereocenters. The lowest BCUT2D eigenvalue weighted by Gasteiger charge is -2.51. The predicted octanol–water partition coefficient (Wildman–Crippen LogP) is 11.5. The van der Waals surface area contributed by atoms with Crippen LogP contribution in [-0.2, 0) is 31.9 Å². The van der Waals surface area contributed by atoms with E-state index in [1.54, 1.807) is 23.5 Å². The SMILES string of the molecule is COC(=O)N[C@@H](CCSC)C(=O)N1C2CCC(CC2)[C@H]1c1nc2cc(/C(C)=C3/C=C\[C@H](C)CCc4ccc(cc4-c4ccc5[nH]c([C@@H]6C7CCC(CC7)N6C(=O)[C@H](CCSC)NC(=O)OC)nc5c4)CC3)ccc2[nH]1. The van der Waals surface area contributed by atoms with Gasteiger partial charge in [-0.1, -0.05) is 49.4 Å². The van der Waals surface area contributed by atoms with Gasteiger partial charge in [-0.2, -0.15) is 23.5 Å². The van der Waals surface area contributed by atoms with Crippen LogP contribution in [0.2, 0.25) is 0 Å². The number of amides is 4. The highest BCUT2D eigenvalue weighted by atomic mass is 32.2. The molecule has 14 nitrogen and oxygen atoms in total. The standard InChI is InChI=1S/C59H74N8O6S2/c1-34-7-11-37(35(2)41-19-25-46-50(32-41)62-54(60-46)52-39-15-21-43(22-16-39)66(52)56(68)48(27-29-74-5)64-58(70)72-3)13-9-36-10-14-38(12-8-34)45(31-36)42-20-26-47-51(33-42)63-55(61-47)53-40-17-23-44(24-18-40)67(53)57(69)49(28-30-75-6)65-59(71)73-4/h7,10-11,14,19-20,25-26,31-34,39-40,43-44,48-49,52-53H,8-9,12-13,15-18,21-24,27-30H2,1-6H3,(H,60,62)(H,61,63)(H,64,70)(H,65,71)/b11-7-,37-35-/t34-,39?,40?,43?,44?,48-,49-,52-,53-/m0/s1. The average Bonchev–Trinajstić information content (AvgIpc) is 4.08. The molecule has 13 rings (SSSR count). The summed E-state index contributed by atoms with van der Waals surface area (Å²) in [5.74, 6) is 3.96. The summed E-state index contributed by atoms with van der Waals surface area (Å²) in [5, 5.41) is 5.69. The van der Waals surface area contributed by atoms with Gasteiger partial charge in [-0.25, -0.2) is 19.6 Å². The number of fused-ring (bicyclic) bond motifs is 16. The van der Waals surface area contributed by atoms with E-state index in [2.05, 4.69) is 101 Å². The van der Waals surface area contributed by atoms with E-state index in [9.17, 15) is 19.2 Å². The van der Waals surface area contributed by atoms with Crippen LogP contribution in [0.1, 0.15) is 131 Å². The zero-order chi connectivity index (χ0) is 52.3. The second-order valence-corrected chi connectivity index (χ2v) is 23.7. The van der Waals surface area contributed by atoms with E-state index in [0.717, 1.165) is 133 Å². The van der Waals surface area contributed by atoms with Crippen LogP contribution >= 0.6 is 23.5 Å². The van der Waals surface area contributed by atoms with Gasteiger partial charge in [0.2, 0.25) is 11.8 Å². The Hall–Kier alpha value is -5.74. The maximum atomic E-state index is 14.5. The van der Waals surface area contributed by atoms with Gasteiger partial charge in [0.25, 0.3) is 0 Å². The predicted molar refractivity (Wildman–Crippen MR) is 300 cm³/mol. The van der Waals surface area contributed by atoms with Crippen LogP contribution in [0, 0.1) is 17.8 Å². The first-order chi connectivity index (χ1) is 36.4. The number of hydrogen-bond acceptors (Lipinski definition) is 10. The van der Waals surface area contributed by atoms with Crippen molar-refractivity contribution in [1.82, 2.24) is 40.4 Å². The van der Waals surface area contributed by atoms with Gasteiger partial charge in [0, 0.05) is 12.1 Å². The molecule has 0 spiro atoms. The Morgan fingerprint density at radius 2 is 1.23 bits per heavy atom. The number of methoxy groups -OCH3 is 2. The normalized spacial score (nSPS) is 25.3. The minimum absolute atomic E-state index is 0.0534. The first-order valence-corrected chi connectivity index (χ1v) is 30.0. The number of nitrogens with one attached hydrogen (secondary N) is 4. The van der Waals surface area contributed by atoms with Crippen LogP contribution in [0.4, 0.5) is 9.59 Å². The number of hydrogen-bond donors (Lipinski definition) is 4. The number of allylic oxidation sites excluding steroid dienone is 4. The van der Waals surface area contributed by atoms with Gasteiger partial charge in [-0.3, -0.25) is 9.59 Å². The van der Waals surface area contributed by atoms with Gasteiger partial charge >= 0.3 is 12.2 Å². The summed E-state index contributed by atoms with van der Waals surface area (Å²) >= 11 is 3.32. The van der Waals surface area contributed by atoms with Gasteiger partial charge in [0.15, 0.2) is 0 Å². The number of imidazole rings is 2. The Balaban J connectivity index is 0.904. The fraction of sp³-hybridized carbons (Fsp3) is 0.525. The lowest BCUT2D eigenvalue weighted by atomic mass is 9.74. The summed E-state index contributed by atoms with van der Waals surface area (Å²) in [6, 6.07) is 18.6. The van der Waals surface area contributed by atoms with Gasteiger partial charge in [-0.15, -0.1) is 0 Å².